The van der Waals surface area contributed by atoms with Gasteiger partial charge in [-0.15, -0.1) is 22.7 Å². The number of hydrogen-bond donors (Lipinski definition) is 1. The van der Waals surface area contributed by atoms with Gasteiger partial charge in [0.1, 0.15) is 10.6 Å². The first-order valence-corrected chi connectivity index (χ1v) is 11.3. The highest BCUT2D eigenvalue weighted by atomic mass is 32.1. The van der Waals surface area contributed by atoms with Crippen molar-refractivity contribution in [3.8, 4) is 17.0 Å². The van der Waals surface area contributed by atoms with Crippen molar-refractivity contribution in [1.29, 1.82) is 0 Å². The number of alkyl halides is 2. The molecule has 0 bridgehead atoms. The predicted octanol–water partition coefficient (Wildman–Crippen LogP) is 4.83. The summed E-state index contributed by atoms with van der Waals surface area (Å²) in [5.41, 5.74) is 1.55. The lowest BCUT2D eigenvalue weighted by atomic mass is 10.1. The minimum Gasteiger partial charge on any atom is -0.434 e. The summed E-state index contributed by atoms with van der Waals surface area (Å²) in [5.74, 6) is -0.319. The van der Waals surface area contributed by atoms with E-state index in [9.17, 15) is 18.4 Å². The quantitative estimate of drug-likeness (QED) is 0.413. The number of hydrogen-bond acceptors (Lipinski definition) is 7. The van der Waals surface area contributed by atoms with Crippen molar-refractivity contribution >= 4 is 43.9 Å². The van der Waals surface area contributed by atoms with Crippen molar-refractivity contribution in [3.63, 3.8) is 0 Å². The minimum absolute atomic E-state index is 0.00639. The summed E-state index contributed by atoms with van der Waals surface area (Å²) in [6, 6.07) is 6.31. The van der Waals surface area contributed by atoms with Gasteiger partial charge in [0.2, 0.25) is 5.91 Å². The molecule has 0 radical (unpaired) electrons. The van der Waals surface area contributed by atoms with Gasteiger partial charge in [-0.25, -0.2) is 9.97 Å². The lowest BCUT2D eigenvalue weighted by Crippen LogP contribution is -2.23. The Hall–Kier alpha value is -3.18. The number of thiophene rings is 1. The normalized spacial score (nSPS) is 11.3. The van der Waals surface area contributed by atoms with Gasteiger partial charge in [-0.2, -0.15) is 8.78 Å². The highest BCUT2D eigenvalue weighted by molar-refractivity contribution is 7.18. The molecule has 0 spiro atoms. The fraction of sp³-hybridized carbons (Fsp3) is 0.238. The number of nitrogens with zero attached hydrogens (tertiary/aromatic N) is 3. The summed E-state index contributed by atoms with van der Waals surface area (Å²) in [5, 5.41) is 5.24. The van der Waals surface area contributed by atoms with E-state index >= 15 is 0 Å². The predicted molar refractivity (Wildman–Crippen MR) is 121 cm³/mol. The van der Waals surface area contributed by atoms with Gasteiger partial charge in [0.25, 0.3) is 5.56 Å². The van der Waals surface area contributed by atoms with E-state index in [0.717, 1.165) is 10.4 Å². The molecule has 0 aliphatic rings. The van der Waals surface area contributed by atoms with E-state index in [1.807, 2.05) is 13.8 Å². The first kappa shape index (κ1) is 22.0. The smallest absolute Gasteiger partial charge is 0.387 e. The first-order chi connectivity index (χ1) is 15.3. The fourth-order valence-corrected chi connectivity index (χ4v) is 4.88. The zero-order valence-corrected chi connectivity index (χ0v) is 18.7. The third kappa shape index (κ3) is 4.53. The summed E-state index contributed by atoms with van der Waals surface area (Å²) in [6.45, 7) is 1.05. The number of anilines is 1. The van der Waals surface area contributed by atoms with E-state index < -0.39 is 6.61 Å². The molecule has 166 valence electrons. The summed E-state index contributed by atoms with van der Waals surface area (Å²) >= 11 is 2.64. The van der Waals surface area contributed by atoms with Crippen LogP contribution < -0.4 is 15.6 Å². The summed E-state index contributed by atoms with van der Waals surface area (Å²) in [7, 11) is 0. The van der Waals surface area contributed by atoms with Crippen LogP contribution in [0.5, 0.6) is 5.75 Å². The van der Waals surface area contributed by atoms with Gasteiger partial charge in [0, 0.05) is 28.8 Å². The molecule has 0 aliphatic heterocycles. The number of carbonyl (C=O) groups is 1. The number of para-hydroxylation sites is 1. The number of fused-ring (bicyclic) bond motifs is 1. The Morgan fingerprint density at radius 3 is 2.84 bits per heavy atom. The van der Waals surface area contributed by atoms with Crippen LogP contribution in [0.25, 0.3) is 21.5 Å². The molecular formula is C21H18F2N4O3S2. The molecule has 4 rings (SSSR count). The zero-order chi connectivity index (χ0) is 22.8. The Balaban J connectivity index is 1.44. The van der Waals surface area contributed by atoms with E-state index in [-0.39, 0.29) is 30.2 Å². The van der Waals surface area contributed by atoms with Gasteiger partial charge in [0.15, 0.2) is 5.13 Å². The first-order valence-electron chi connectivity index (χ1n) is 9.58. The van der Waals surface area contributed by atoms with E-state index in [4.69, 9.17) is 0 Å². The molecule has 32 heavy (non-hydrogen) atoms. The minimum atomic E-state index is -2.95. The van der Waals surface area contributed by atoms with Crippen LogP contribution in [0.3, 0.4) is 0 Å². The number of amides is 1. The van der Waals surface area contributed by atoms with Gasteiger partial charge in [-0.3, -0.25) is 14.2 Å². The van der Waals surface area contributed by atoms with Gasteiger partial charge < -0.3 is 10.1 Å². The lowest BCUT2D eigenvalue weighted by molar-refractivity contribution is -0.116. The van der Waals surface area contributed by atoms with Gasteiger partial charge >= 0.3 is 6.61 Å². The monoisotopic (exact) mass is 476 g/mol. The molecule has 0 saturated carbocycles. The largest absolute Gasteiger partial charge is 0.434 e. The molecule has 1 amide bonds. The topological polar surface area (TPSA) is 86.1 Å². The molecule has 0 fully saturated rings. The van der Waals surface area contributed by atoms with Gasteiger partial charge in [-0.1, -0.05) is 12.1 Å². The number of aryl methyl sites for hydroxylation is 3. The van der Waals surface area contributed by atoms with Crippen molar-refractivity contribution in [2.75, 3.05) is 5.32 Å². The SMILES string of the molecule is Cc1sc2ncn(CCC(=O)Nc3nc(-c4ccccc4OC(F)F)cs3)c(=O)c2c1C. The third-order valence-corrected chi connectivity index (χ3v) is 6.74. The molecule has 7 nitrogen and oxygen atoms in total. The van der Waals surface area contributed by atoms with Crippen molar-refractivity contribution < 1.29 is 18.3 Å². The van der Waals surface area contributed by atoms with Crippen LogP contribution in [0.15, 0.2) is 40.8 Å². The van der Waals surface area contributed by atoms with Crippen LogP contribution in [0, 0.1) is 13.8 Å². The van der Waals surface area contributed by atoms with Gasteiger partial charge in [0.05, 0.1) is 17.4 Å². The van der Waals surface area contributed by atoms with E-state index in [0.29, 0.717) is 26.6 Å². The van der Waals surface area contributed by atoms with Crippen LogP contribution >= 0.6 is 22.7 Å². The number of thiazole rings is 1. The lowest BCUT2D eigenvalue weighted by Gasteiger charge is -2.08. The highest BCUT2D eigenvalue weighted by Crippen LogP contribution is 2.33. The number of ether oxygens (including phenoxy) is 1. The zero-order valence-electron chi connectivity index (χ0n) is 17.1. The van der Waals surface area contributed by atoms with Crippen LogP contribution in [0.4, 0.5) is 13.9 Å². The van der Waals surface area contributed by atoms with Crippen molar-refractivity contribution in [2.45, 2.75) is 33.4 Å². The third-order valence-electron chi connectivity index (χ3n) is 4.87. The molecule has 1 N–H and O–H groups in total. The second kappa shape index (κ2) is 9.13. The number of rotatable bonds is 7. The Bertz CT molecular complexity index is 1350. The van der Waals surface area contributed by atoms with Crippen LogP contribution in [0.2, 0.25) is 0 Å². The summed E-state index contributed by atoms with van der Waals surface area (Å²) < 4.78 is 31.2. The molecule has 3 heterocycles. The maximum absolute atomic E-state index is 12.7. The molecule has 0 atom stereocenters. The van der Waals surface area contributed by atoms with Crippen LogP contribution in [0.1, 0.15) is 16.9 Å². The Morgan fingerprint density at radius 2 is 2.06 bits per heavy atom. The van der Waals surface area contributed by atoms with Crippen molar-refractivity contribution in [2.24, 2.45) is 0 Å². The maximum Gasteiger partial charge on any atom is 0.387 e. The molecule has 11 heteroatoms. The fourth-order valence-electron chi connectivity index (χ4n) is 3.16. The Labute approximate surface area is 189 Å². The van der Waals surface area contributed by atoms with Crippen molar-refractivity contribution in [1.82, 2.24) is 14.5 Å². The number of carbonyl (C=O) groups excluding carboxylic acids is 1. The molecule has 0 aliphatic carbocycles. The second-order valence-electron chi connectivity index (χ2n) is 6.92. The number of aromatic nitrogens is 3. The Morgan fingerprint density at radius 1 is 1.28 bits per heavy atom. The maximum atomic E-state index is 12.7. The summed E-state index contributed by atoms with van der Waals surface area (Å²) in [6.07, 6.45) is 1.50. The van der Waals surface area contributed by atoms with Crippen LogP contribution in [-0.4, -0.2) is 27.1 Å². The van der Waals surface area contributed by atoms with E-state index in [1.165, 1.54) is 39.6 Å². The molecule has 0 unspecified atom stereocenters. The number of benzene rings is 1. The molecule has 0 saturated heterocycles. The average Bonchev–Trinajstić information content (AvgIpc) is 3.32. The molecule has 1 aromatic carbocycles. The number of halogens is 2. The highest BCUT2D eigenvalue weighted by Gasteiger charge is 2.15. The van der Waals surface area contributed by atoms with Gasteiger partial charge in [-0.05, 0) is 31.5 Å². The number of nitrogens with one attached hydrogen (secondary N) is 1. The van der Waals surface area contributed by atoms with E-state index in [2.05, 4.69) is 20.0 Å². The second-order valence-corrected chi connectivity index (χ2v) is 8.98. The standard InChI is InChI=1S/C21H18F2N4O3S2/c1-11-12(2)32-18-17(11)19(29)27(10-24-18)8-7-16(28)26-21-25-14(9-31-21)13-5-3-4-6-15(13)30-20(22)23/h3-6,9-10,20H,7-8H2,1-2H3,(H,25,26,28). The Kier molecular flexibility index (Phi) is 6.28. The molecule has 4 aromatic rings. The average molecular weight is 477 g/mol. The van der Waals surface area contributed by atoms with E-state index in [1.54, 1.807) is 23.6 Å². The molecular weight excluding hydrogens is 458 g/mol. The van der Waals surface area contributed by atoms with Crippen molar-refractivity contribution in [3.05, 3.63) is 56.8 Å². The molecule has 3 aromatic heterocycles. The summed E-state index contributed by atoms with van der Waals surface area (Å²) in [4.78, 5) is 35.5. The van der Waals surface area contributed by atoms with Crippen LogP contribution in [-0.2, 0) is 11.3 Å².